The Balaban J connectivity index is 1.62. The van der Waals surface area contributed by atoms with Crippen LogP contribution >= 0.6 is 11.6 Å². The fourth-order valence-corrected chi connectivity index (χ4v) is 3.90. The van der Waals surface area contributed by atoms with Crippen molar-refractivity contribution in [3.8, 4) is 11.5 Å². The molecular formula is C23H24ClN5O3. The number of likely N-dealkylation sites (tertiary alicyclic amines) is 1. The van der Waals surface area contributed by atoms with Crippen molar-refractivity contribution in [2.75, 3.05) is 31.3 Å². The van der Waals surface area contributed by atoms with Gasteiger partial charge in [-0.05, 0) is 50.7 Å². The summed E-state index contributed by atoms with van der Waals surface area (Å²) in [5, 5.41) is 16.6. The van der Waals surface area contributed by atoms with Gasteiger partial charge >= 0.3 is 0 Å². The first kappa shape index (κ1) is 21.9. The molecule has 0 saturated carbocycles. The zero-order chi connectivity index (χ0) is 22.7. The summed E-state index contributed by atoms with van der Waals surface area (Å²) in [7, 11) is 3.60. The average molecular weight is 454 g/mol. The molecule has 1 aliphatic rings. The first-order chi connectivity index (χ1) is 15.4. The summed E-state index contributed by atoms with van der Waals surface area (Å²) < 4.78 is 5.46. The van der Waals surface area contributed by atoms with Crippen molar-refractivity contribution in [2.24, 2.45) is 0 Å². The van der Waals surface area contributed by atoms with E-state index >= 15 is 0 Å². The van der Waals surface area contributed by atoms with E-state index in [1.54, 1.807) is 37.5 Å². The van der Waals surface area contributed by atoms with Gasteiger partial charge in [0, 0.05) is 29.3 Å². The van der Waals surface area contributed by atoms with Crippen LogP contribution in [0.3, 0.4) is 0 Å². The lowest BCUT2D eigenvalue weighted by Gasteiger charge is -2.15. The summed E-state index contributed by atoms with van der Waals surface area (Å²) in [5.74, 6) is 0.781. The van der Waals surface area contributed by atoms with Gasteiger partial charge in [0.1, 0.15) is 23.6 Å². The van der Waals surface area contributed by atoms with Gasteiger partial charge in [-0.25, -0.2) is 9.97 Å². The van der Waals surface area contributed by atoms with Crippen LogP contribution in [0.2, 0.25) is 5.02 Å². The summed E-state index contributed by atoms with van der Waals surface area (Å²) in [6.45, 7) is 1.04. The van der Waals surface area contributed by atoms with Gasteiger partial charge in [-0.2, -0.15) is 0 Å². The highest BCUT2D eigenvalue weighted by Gasteiger charge is 2.18. The van der Waals surface area contributed by atoms with Crippen LogP contribution in [0.25, 0.3) is 10.9 Å². The molecule has 0 aliphatic carbocycles. The van der Waals surface area contributed by atoms with Crippen molar-refractivity contribution in [1.29, 1.82) is 0 Å². The van der Waals surface area contributed by atoms with Crippen molar-refractivity contribution >= 4 is 45.6 Å². The molecule has 1 fully saturated rings. The number of benzene rings is 2. The summed E-state index contributed by atoms with van der Waals surface area (Å²) in [6, 6.07) is 8.58. The number of rotatable bonds is 6. The second kappa shape index (κ2) is 9.42. The van der Waals surface area contributed by atoms with E-state index in [1.165, 1.54) is 12.4 Å². The normalized spacial score (nSPS) is 16.5. The number of methoxy groups -OCH3 is 1. The lowest BCUT2D eigenvalue weighted by Crippen LogP contribution is -2.23. The predicted octanol–water partition coefficient (Wildman–Crippen LogP) is 4.33. The van der Waals surface area contributed by atoms with E-state index in [0.29, 0.717) is 33.8 Å². The molecule has 9 heteroatoms. The molecule has 1 atom stereocenters. The molecule has 4 rings (SSSR count). The minimum atomic E-state index is -0.236. The molecule has 1 aromatic heterocycles. The molecule has 0 radical (unpaired) electrons. The number of hydrogen-bond acceptors (Lipinski definition) is 7. The largest absolute Gasteiger partial charge is 0.506 e. The van der Waals surface area contributed by atoms with Gasteiger partial charge in [-0.1, -0.05) is 17.7 Å². The molecule has 32 heavy (non-hydrogen) atoms. The Morgan fingerprint density at radius 3 is 2.88 bits per heavy atom. The van der Waals surface area contributed by atoms with E-state index in [2.05, 4.69) is 32.5 Å². The van der Waals surface area contributed by atoms with Crippen LogP contribution in [0.15, 0.2) is 48.8 Å². The number of aromatic hydroxyl groups is 1. The number of anilines is 3. The maximum Gasteiger partial charge on any atom is 0.248 e. The molecule has 8 nitrogen and oxygen atoms in total. The third kappa shape index (κ3) is 4.76. The van der Waals surface area contributed by atoms with Crippen LogP contribution in [-0.4, -0.2) is 52.6 Å². The van der Waals surface area contributed by atoms with Gasteiger partial charge in [-0.15, -0.1) is 0 Å². The number of likely N-dealkylation sites (N-methyl/N-ethyl adjacent to an activating group) is 1. The Kier molecular flexibility index (Phi) is 6.43. The Hall–Kier alpha value is -3.36. The van der Waals surface area contributed by atoms with Gasteiger partial charge < -0.3 is 20.5 Å². The first-order valence-electron chi connectivity index (χ1n) is 10.2. The Labute approximate surface area is 190 Å². The second-order valence-electron chi connectivity index (χ2n) is 7.62. The van der Waals surface area contributed by atoms with Gasteiger partial charge in [0.25, 0.3) is 0 Å². The standard InChI is InChI=1S/C23H24ClN5O3/c1-29-9-3-4-15(29)6-8-22(31)28-19-11-16-18(12-21(19)32-2)25-13-26-23(16)27-14-5-7-20(30)17(24)10-14/h5-8,10-13,15,30H,3-4,9H2,1-2H3,(H,28,31)(H,25,26,27). The van der Waals surface area contributed by atoms with Crippen molar-refractivity contribution in [1.82, 2.24) is 14.9 Å². The van der Waals surface area contributed by atoms with E-state index in [-0.39, 0.29) is 22.7 Å². The average Bonchev–Trinajstić information content (AvgIpc) is 3.19. The summed E-state index contributed by atoms with van der Waals surface area (Å²) >= 11 is 6.01. The number of carbonyl (C=O) groups is 1. The quantitative estimate of drug-likeness (QED) is 0.377. The molecule has 1 aliphatic heterocycles. The fraction of sp³-hybridized carbons (Fsp3) is 0.261. The van der Waals surface area contributed by atoms with Gasteiger partial charge in [0.2, 0.25) is 5.91 Å². The molecule has 1 amide bonds. The summed E-state index contributed by atoms with van der Waals surface area (Å²) in [5.41, 5.74) is 1.80. The first-order valence-corrected chi connectivity index (χ1v) is 10.6. The molecular weight excluding hydrogens is 430 g/mol. The minimum Gasteiger partial charge on any atom is -0.506 e. The fourth-order valence-electron chi connectivity index (χ4n) is 3.72. The Morgan fingerprint density at radius 1 is 1.31 bits per heavy atom. The van der Waals surface area contributed by atoms with Crippen LogP contribution < -0.4 is 15.4 Å². The van der Waals surface area contributed by atoms with Gasteiger partial charge in [-0.3, -0.25) is 9.69 Å². The van der Waals surface area contributed by atoms with Crippen LogP contribution in [0.1, 0.15) is 12.8 Å². The molecule has 0 spiro atoms. The van der Waals surface area contributed by atoms with Crippen molar-refractivity contribution in [2.45, 2.75) is 18.9 Å². The monoisotopic (exact) mass is 453 g/mol. The van der Waals surface area contributed by atoms with Crippen LogP contribution in [-0.2, 0) is 4.79 Å². The number of halogens is 1. The minimum absolute atomic E-state index is 0.00338. The number of fused-ring (bicyclic) bond motifs is 1. The Morgan fingerprint density at radius 2 is 2.16 bits per heavy atom. The molecule has 2 aromatic carbocycles. The molecule has 3 aromatic rings. The van der Waals surface area contributed by atoms with E-state index < -0.39 is 0 Å². The highest BCUT2D eigenvalue weighted by Crippen LogP contribution is 2.34. The van der Waals surface area contributed by atoms with E-state index in [4.69, 9.17) is 16.3 Å². The number of nitrogens with one attached hydrogen (secondary N) is 2. The number of carbonyl (C=O) groups excluding carboxylic acids is 1. The number of aromatic nitrogens is 2. The molecule has 3 N–H and O–H groups in total. The Bertz CT molecular complexity index is 1180. The van der Waals surface area contributed by atoms with E-state index in [0.717, 1.165) is 19.4 Å². The second-order valence-corrected chi connectivity index (χ2v) is 8.03. The number of amides is 1. The maximum absolute atomic E-state index is 12.6. The molecule has 1 saturated heterocycles. The highest BCUT2D eigenvalue weighted by molar-refractivity contribution is 6.32. The zero-order valence-electron chi connectivity index (χ0n) is 17.8. The van der Waals surface area contributed by atoms with Crippen LogP contribution in [0.5, 0.6) is 11.5 Å². The molecule has 1 unspecified atom stereocenters. The SMILES string of the molecule is COc1cc2ncnc(Nc3ccc(O)c(Cl)c3)c2cc1NC(=O)C=CC1CCCN1C. The number of ether oxygens (including phenoxy) is 1. The summed E-state index contributed by atoms with van der Waals surface area (Å²) in [4.78, 5) is 23.4. The molecule has 2 heterocycles. The third-order valence-electron chi connectivity index (χ3n) is 5.47. The van der Waals surface area contributed by atoms with Gasteiger partial charge in [0.05, 0.1) is 23.3 Å². The molecule has 166 valence electrons. The summed E-state index contributed by atoms with van der Waals surface area (Å²) in [6.07, 6.45) is 7.11. The van der Waals surface area contributed by atoms with Crippen LogP contribution in [0.4, 0.5) is 17.2 Å². The lowest BCUT2D eigenvalue weighted by atomic mass is 10.1. The topological polar surface area (TPSA) is 99.6 Å². The van der Waals surface area contributed by atoms with Crippen molar-refractivity contribution in [3.05, 3.63) is 53.8 Å². The lowest BCUT2D eigenvalue weighted by molar-refractivity contribution is -0.111. The number of phenols is 1. The molecule has 0 bridgehead atoms. The third-order valence-corrected chi connectivity index (χ3v) is 5.77. The van der Waals surface area contributed by atoms with Crippen LogP contribution in [0, 0.1) is 0 Å². The maximum atomic E-state index is 12.6. The van der Waals surface area contributed by atoms with E-state index in [1.807, 2.05) is 6.08 Å². The number of nitrogens with zero attached hydrogens (tertiary/aromatic N) is 3. The van der Waals surface area contributed by atoms with E-state index in [9.17, 15) is 9.90 Å². The predicted molar refractivity (Wildman–Crippen MR) is 126 cm³/mol. The highest BCUT2D eigenvalue weighted by atomic mass is 35.5. The number of phenolic OH excluding ortho intramolecular Hbond substituents is 1. The van der Waals surface area contributed by atoms with Crippen molar-refractivity contribution < 1.29 is 14.6 Å². The zero-order valence-corrected chi connectivity index (χ0v) is 18.6. The van der Waals surface area contributed by atoms with Gasteiger partial charge in [0.15, 0.2) is 0 Å². The van der Waals surface area contributed by atoms with Crippen molar-refractivity contribution in [3.63, 3.8) is 0 Å². The smallest absolute Gasteiger partial charge is 0.248 e. The number of hydrogen-bond donors (Lipinski definition) is 3.